The summed E-state index contributed by atoms with van der Waals surface area (Å²) >= 11 is 0. The van der Waals surface area contributed by atoms with E-state index >= 15 is 0 Å². The molecule has 2 N–H and O–H groups in total. The van der Waals surface area contributed by atoms with Crippen LogP contribution in [0.5, 0.6) is 0 Å². The average Bonchev–Trinajstić information content (AvgIpc) is 2.80. The summed E-state index contributed by atoms with van der Waals surface area (Å²) in [6.45, 7) is 20.1. The van der Waals surface area contributed by atoms with E-state index in [1.165, 1.54) is 37.7 Å². The van der Waals surface area contributed by atoms with Gasteiger partial charge in [-0.1, -0.05) is 102 Å². The Morgan fingerprint density at radius 2 is 1.77 bits per heavy atom. The fourth-order valence-electron chi connectivity index (χ4n) is 3.67. The van der Waals surface area contributed by atoms with Gasteiger partial charge in [0.2, 0.25) is 0 Å². The van der Waals surface area contributed by atoms with Gasteiger partial charge in [-0.3, -0.25) is 0 Å². The van der Waals surface area contributed by atoms with Gasteiger partial charge in [-0.25, -0.2) is 0 Å². The fourth-order valence-corrected chi connectivity index (χ4v) is 3.67. The first-order valence-corrected chi connectivity index (χ1v) is 12.0. The largest absolute Gasteiger partial charge is 0.387 e. The SMILES string of the molecule is C=C/C=C\C(=C/C)C(O)CNC1CCCC(CCC(/C=C\C)=C/C=C)C1.CC.CC. The monoisotopic (exact) mass is 415 g/mol. The van der Waals surface area contributed by atoms with Crippen molar-refractivity contribution in [2.45, 2.75) is 92.2 Å². The van der Waals surface area contributed by atoms with Crippen molar-refractivity contribution < 1.29 is 5.11 Å². The third kappa shape index (κ3) is 14.4. The summed E-state index contributed by atoms with van der Waals surface area (Å²) in [6.07, 6.45) is 22.7. The van der Waals surface area contributed by atoms with Crippen LogP contribution in [0.1, 0.15) is 80.1 Å². The minimum atomic E-state index is -0.464. The molecule has 0 radical (unpaired) electrons. The first kappa shape index (κ1) is 30.6. The van der Waals surface area contributed by atoms with Gasteiger partial charge in [0.15, 0.2) is 0 Å². The maximum absolute atomic E-state index is 10.4. The molecule has 1 aliphatic carbocycles. The highest BCUT2D eigenvalue weighted by molar-refractivity contribution is 5.25. The van der Waals surface area contributed by atoms with Crippen molar-refractivity contribution in [3.8, 4) is 0 Å². The van der Waals surface area contributed by atoms with Gasteiger partial charge >= 0.3 is 0 Å². The van der Waals surface area contributed by atoms with Crippen molar-refractivity contribution in [2.24, 2.45) is 5.92 Å². The average molecular weight is 416 g/mol. The fraction of sp³-hybridized carbons (Fsp3) is 0.571. The predicted octanol–water partition coefficient (Wildman–Crippen LogP) is 7.71. The van der Waals surface area contributed by atoms with E-state index in [2.05, 4.69) is 43.6 Å². The molecule has 1 saturated carbocycles. The highest BCUT2D eigenvalue weighted by Gasteiger charge is 2.22. The zero-order valence-electron chi connectivity index (χ0n) is 20.7. The van der Waals surface area contributed by atoms with Crippen LogP contribution in [0.15, 0.2) is 72.9 Å². The number of aliphatic hydroxyl groups excluding tert-OH is 1. The van der Waals surface area contributed by atoms with E-state index in [1.54, 1.807) is 6.08 Å². The van der Waals surface area contributed by atoms with Crippen LogP contribution in [-0.4, -0.2) is 23.8 Å². The summed E-state index contributed by atoms with van der Waals surface area (Å²) in [4.78, 5) is 0. The molecule has 0 aromatic heterocycles. The summed E-state index contributed by atoms with van der Waals surface area (Å²) in [5.41, 5.74) is 2.30. The van der Waals surface area contributed by atoms with E-state index in [0.717, 1.165) is 17.9 Å². The van der Waals surface area contributed by atoms with E-state index in [1.807, 2.05) is 58.9 Å². The smallest absolute Gasteiger partial charge is 0.0911 e. The first-order valence-electron chi connectivity index (χ1n) is 12.0. The lowest BCUT2D eigenvalue weighted by atomic mass is 9.82. The highest BCUT2D eigenvalue weighted by Crippen LogP contribution is 2.29. The third-order valence-electron chi connectivity index (χ3n) is 5.08. The van der Waals surface area contributed by atoms with Gasteiger partial charge in [0.05, 0.1) is 6.10 Å². The van der Waals surface area contributed by atoms with Crippen molar-refractivity contribution in [3.63, 3.8) is 0 Å². The van der Waals surface area contributed by atoms with Crippen LogP contribution < -0.4 is 5.32 Å². The Balaban J connectivity index is 0. The molecular weight excluding hydrogens is 366 g/mol. The highest BCUT2D eigenvalue weighted by atomic mass is 16.3. The van der Waals surface area contributed by atoms with Crippen LogP contribution in [0, 0.1) is 5.92 Å². The lowest BCUT2D eigenvalue weighted by Gasteiger charge is -2.31. The van der Waals surface area contributed by atoms with Gasteiger partial charge < -0.3 is 10.4 Å². The van der Waals surface area contributed by atoms with E-state index in [0.29, 0.717) is 12.6 Å². The van der Waals surface area contributed by atoms with Crippen LogP contribution in [-0.2, 0) is 0 Å². The first-order chi connectivity index (χ1) is 14.6. The minimum absolute atomic E-state index is 0.464. The van der Waals surface area contributed by atoms with Crippen LogP contribution in [0.3, 0.4) is 0 Å². The number of allylic oxidation sites excluding steroid dienone is 8. The molecule has 0 aliphatic heterocycles. The Morgan fingerprint density at radius 1 is 1.07 bits per heavy atom. The van der Waals surface area contributed by atoms with Crippen molar-refractivity contribution in [1.29, 1.82) is 0 Å². The van der Waals surface area contributed by atoms with Crippen LogP contribution in [0.4, 0.5) is 0 Å². The lowest BCUT2D eigenvalue weighted by molar-refractivity contribution is 0.190. The van der Waals surface area contributed by atoms with E-state index < -0.39 is 6.10 Å². The number of nitrogens with one attached hydrogen (secondary N) is 1. The zero-order chi connectivity index (χ0) is 23.2. The molecule has 1 aliphatic rings. The molecule has 2 nitrogen and oxygen atoms in total. The molecule has 0 heterocycles. The number of hydrogen-bond acceptors (Lipinski definition) is 2. The quantitative estimate of drug-likeness (QED) is 0.339. The summed E-state index contributed by atoms with van der Waals surface area (Å²) < 4.78 is 0. The number of aliphatic hydroxyl groups is 1. The molecule has 0 bridgehead atoms. The molecule has 3 atom stereocenters. The molecule has 0 saturated heterocycles. The maximum atomic E-state index is 10.4. The number of hydrogen-bond donors (Lipinski definition) is 2. The second-order valence-corrected chi connectivity index (χ2v) is 7.05. The predicted molar refractivity (Wildman–Crippen MR) is 138 cm³/mol. The van der Waals surface area contributed by atoms with Gasteiger partial charge in [-0.15, -0.1) is 0 Å². The topological polar surface area (TPSA) is 32.3 Å². The van der Waals surface area contributed by atoms with Crippen LogP contribution >= 0.6 is 0 Å². The second kappa shape index (κ2) is 22.1. The number of rotatable bonds is 11. The Kier molecular flexibility index (Phi) is 22.5. The van der Waals surface area contributed by atoms with Crippen LogP contribution in [0.2, 0.25) is 0 Å². The minimum Gasteiger partial charge on any atom is -0.387 e. The molecule has 0 aromatic carbocycles. The van der Waals surface area contributed by atoms with Crippen molar-refractivity contribution >= 4 is 0 Å². The molecule has 0 spiro atoms. The summed E-state index contributed by atoms with van der Waals surface area (Å²) in [5, 5.41) is 14.0. The Bertz CT molecular complexity index is 539. The Labute approximate surface area is 188 Å². The van der Waals surface area contributed by atoms with E-state index in [4.69, 9.17) is 0 Å². The van der Waals surface area contributed by atoms with Gasteiger partial charge in [0.25, 0.3) is 0 Å². The van der Waals surface area contributed by atoms with Gasteiger partial charge in [-0.2, -0.15) is 0 Å². The zero-order valence-corrected chi connectivity index (χ0v) is 20.7. The Morgan fingerprint density at radius 3 is 2.33 bits per heavy atom. The van der Waals surface area contributed by atoms with Gasteiger partial charge in [-0.05, 0) is 56.6 Å². The molecule has 1 rings (SSSR count). The molecule has 172 valence electrons. The van der Waals surface area contributed by atoms with Gasteiger partial charge in [0.1, 0.15) is 0 Å². The lowest BCUT2D eigenvalue weighted by Crippen LogP contribution is -2.39. The van der Waals surface area contributed by atoms with E-state index in [9.17, 15) is 5.11 Å². The van der Waals surface area contributed by atoms with E-state index in [-0.39, 0.29) is 0 Å². The standard InChI is InChI=1S/C24H37NO.2C2H6/c1-5-9-14-22(8-4)24(26)19-25-23-15-10-13-21(18-23)17-16-20(11-6-2)12-7-3;2*1-2/h5-9,11-12,14,21,23-26H,1-2,10,13,15-19H2,3-4H3;2*1-2H3/b12-7-,14-9-,20-11+,22-8+;;. The molecule has 1 fully saturated rings. The molecule has 30 heavy (non-hydrogen) atoms. The Hall–Kier alpha value is -1.64. The molecule has 3 unspecified atom stereocenters. The van der Waals surface area contributed by atoms with Crippen LogP contribution in [0.25, 0.3) is 0 Å². The molecule has 2 heteroatoms. The van der Waals surface area contributed by atoms with Gasteiger partial charge in [0, 0.05) is 12.6 Å². The molecular formula is C28H49NO. The van der Waals surface area contributed by atoms with Crippen molar-refractivity contribution in [1.82, 2.24) is 5.32 Å². The summed E-state index contributed by atoms with van der Waals surface area (Å²) in [6, 6.07) is 0.512. The molecule has 0 aromatic rings. The maximum Gasteiger partial charge on any atom is 0.0911 e. The summed E-state index contributed by atoms with van der Waals surface area (Å²) in [5.74, 6) is 0.763. The summed E-state index contributed by atoms with van der Waals surface area (Å²) in [7, 11) is 0. The normalized spacial score (nSPS) is 20.8. The van der Waals surface area contributed by atoms with Crippen molar-refractivity contribution in [2.75, 3.05) is 6.54 Å². The third-order valence-corrected chi connectivity index (χ3v) is 5.08. The second-order valence-electron chi connectivity index (χ2n) is 7.05. The molecule has 0 amide bonds. The van der Waals surface area contributed by atoms with Crippen molar-refractivity contribution in [3.05, 3.63) is 72.9 Å².